The van der Waals surface area contributed by atoms with Gasteiger partial charge >= 0.3 is 0 Å². The topological polar surface area (TPSA) is 121 Å². The SMILES string of the molecule is CC(O)C(O)C(O)C(O)=C(O)CO. The van der Waals surface area contributed by atoms with Gasteiger partial charge in [-0.2, -0.15) is 0 Å². The number of rotatable bonds is 4. The molecule has 6 nitrogen and oxygen atoms in total. The zero-order chi connectivity index (χ0) is 10.6. The van der Waals surface area contributed by atoms with Gasteiger partial charge in [0.05, 0.1) is 6.10 Å². The van der Waals surface area contributed by atoms with E-state index in [9.17, 15) is 0 Å². The number of hydrogen-bond donors (Lipinski definition) is 6. The molecule has 6 heteroatoms. The van der Waals surface area contributed by atoms with E-state index in [-0.39, 0.29) is 0 Å². The zero-order valence-corrected chi connectivity index (χ0v) is 7.12. The highest BCUT2D eigenvalue weighted by Crippen LogP contribution is 2.10. The third kappa shape index (κ3) is 3.19. The number of aliphatic hydroxyl groups excluding tert-OH is 6. The van der Waals surface area contributed by atoms with Crippen molar-refractivity contribution in [2.45, 2.75) is 25.2 Å². The largest absolute Gasteiger partial charge is 0.506 e. The molecule has 3 atom stereocenters. The molecule has 0 aliphatic rings. The fourth-order valence-electron chi connectivity index (χ4n) is 0.677. The van der Waals surface area contributed by atoms with Crippen LogP contribution in [0.2, 0.25) is 0 Å². The van der Waals surface area contributed by atoms with Gasteiger partial charge in [-0.3, -0.25) is 0 Å². The Labute approximate surface area is 75.0 Å². The second-order valence-corrected chi connectivity index (χ2v) is 2.67. The van der Waals surface area contributed by atoms with E-state index in [1.165, 1.54) is 6.92 Å². The predicted molar refractivity (Wildman–Crippen MR) is 43.1 cm³/mol. The lowest BCUT2D eigenvalue weighted by atomic mass is 10.1. The molecular formula is C7H14O6. The Balaban J connectivity index is 4.50. The van der Waals surface area contributed by atoms with Gasteiger partial charge in [-0.25, -0.2) is 0 Å². The van der Waals surface area contributed by atoms with Gasteiger partial charge in [0.25, 0.3) is 0 Å². The van der Waals surface area contributed by atoms with Gasteiger partial charge in [-0.05, 0) is 6.92 Å². The van der Waals surface area contributed by atoms with Crippen LogP contribution < -0.4 is 0 Å². The van der Waals surface area contributed by atoms with Gasteiger partial charge in [0, 0.05) is 0 Å². The van der Waals surface area contributed by atoms with Gasteiger partial charge in [-0.15, -0.1) is 0 Å². The van der Waals surface area contributed by atoms with Gasteiger partial charge in [0.15, 0.2) is 11.5 Å². The molecule has 13 heavy (non-hydrogen) atoms. The van der Waals surface area contributed by atoms with Crippen LogP contribution in [0.5, 0.6) is 0 Å². The third-order valence-electron chi connectivity index (χ3n) is 1.54. The summed E-state index contributed by atoms with van der Waals surface area (Å²) in [5.74, 6) is -1.79. The summed E-state index contributed by atoms with van der Waals surface area (Å²) in [6.07, 6.45) is -4.69. The normalized spacial score (nSPS) is 20.4. The Kier molecular flexibility index (Phi) is 4.71. The fourth-order valence-corrected chi connectivity index (χ4v) is 0.677. The lowest BCUT2D eigenvalue weighted by Crippen LogP contribution is -2.37. The lowest BCUT2D eigenvalue weighted by molar-refractivity contribution is -0.0528. The van der Waals surface area contributed by atoms with Gasteiger partial charge in [-0.1, -0.05) is 0 Å². The van der Waals surface area contributed by atoms with Crippen molar-refractivity contribution in [3.8, 4) is 0 Å². The van der Waals surface area contributed by atoms with Gasteiger partial charge in [0.1, 0.15) is 18.8 Å². The average molecular weight is 194 g/mol. The molecule has 0 bridgehead atoms. The maximum absolute atomic E-state index is 9.07. The molecule has 0 spiro atoms. The van der Waals surface area contributed by atoms with E-state index in [1.807, 2.05) is 0 Å². The van der Waals surface area contributed by atoms with Crippen LogP contribution in [0.3, 0.4) is 0 Å². The summed E-state index contributed by atoms with van der Waals surface area (Å²) in [6, 6.07) is 0. The summed E-state index contributed by atoms with van der Waals surface area (Å²) < 4.78 is 0. The molecule has 0 aromatic rings. The minimum absolute atomic E-state index is 0.841. The maximum atomic E-state index is 9.07. The van der Waals surface area contributed by atoms with Crippen molar-refractivity contribution >= 4 is 0 Å². The summed E-state index contributed by atoms with van der Waals surface area (Å²) in [6.45, 7) is 0.354. The monoisotopic (exact) mass is 194 g/mol. The molecule has 78 valence electrons. The van der Waals surface area contributed by atoms with E-state index in [0.717, 1.165) is 0 Å². The third-order valence-corrected chi connectivity index (χ3v) is 1.54. The molecule has 0 aliphatic carbocycles. The molecule has 0 fully saturated rings. The first-order chi connectivity index (χ1) is 5.91. The molecular weight excluding hydrogens is 180 g/mol. The number of aliphatic hydroxyl groups is 6. The first kappa shape index (κ1) is 12.2. The molecule has 3 unspecified atom stereocenters. The van der Waals surface area contributed by atoms with Crippen molar-refractivity contribution in [2.75, 3.05) is 6.61 Å². The molecule has 0 rings (SSSR count). The zero-order valence-electron chi connectivity index (χ0n) is 7.12. The summed E-state index contributed by atoms with van der Waals surface area (Å²) in [4.78, 5) is 0. The van der Waals surface area contributed by atoms with E-state index in [1.54, 1.807) is 0 Å². The first-order valence-electron chi connectivity index (χ1n) is 3.67. The van der Waals surface area contributed by atoms with Crippen molar-refractivity contribution in [1.29, 1.82) is 0 Å². The summed E-state index contributed by atoms with van der Waals surface area (Å²) in [5, 5.41) is 53.0. The molecule has 0 amide bonds. The van der Waals surface area contributed by atoms with Crippen molar-refractivity contribution in [3.05, 3.63) is 11.5 Å². The van der Waals surface area contributed by atoms with Crippen LogP contribution in [0.1, 0.15) is 6.92 Å². The van der Waals surface area contributed by atoms with E-state index >= 15 is 0 Å². The quantitative estimate of drug-likeness (QED) is 0.300. The second kappa shape index (κ2) is 5.03. The highest BCUT2D eigenvalue weighted by atomic mass is 16.4. The average Bonchev–Trinajstić information content (AvgIpc) is 2.12. The van der Waals surface area contributed by atoms with Crippen LogP contribution in [0.15, 0.2) is 11.5 Å². The van der Waals surface area contributed by atoms with E-state index in [2.05, 4.69) is 0 Å². The highest BCUT2D eigenvalue weighted by Gasteiger charge is 2.26. The van der Waals surface area contributed by atoms with Gasteiger partial charge < -0.3 is 30.6 Å². The second-order valence-electron chi connectivity index (χ2n) is 2.67. The fraction of sp³-hybridized carbons (Fsp3) is 0.714. The van der Waals surface area contributed by atoms with Crippen LogP contribution in [0, 0.1) is 0 Å². The highest BCUT2D eigenvalue weighted by molar-refractivity contribution is 5.06. The first-order valence-corrected chi connectivity index (χ1v) is 3.67. The standard InChI is InChI=1S/C7H14O6/c1-3(9)5(11)7(13)6(12)4(10)2-8/h3,5,7-13H,2H2,1H3. The van der Waals surface area contributed by atoms with E-state index < -0.39 is 36.4 Å². The minimum atomic E-state index is -1.81. The molecule has 0 aromatic heterocycles. The van der Waals surface area contributed by atoms with Gasteiger partial charge in [0.2, 0.25) is 0 Å². The Bertz CT molecular complexity index is 187. The Morgan fingerprint density at radius 2 is 1.62 bits per heavy atom. The summed E-state index contributed by atoms with van der Waals surface area (Å²) in [5.41, 5.74) is 0. The minimum Gasteiger partial charge on any atom is -0.506 e. The van der Waals surface area contributed by atoms with Crippen molar-refractivity contribution < 1.29 is 30.6 Å². The molecule has 0 heterocycles. The summed E-state index contributed by atoms with van der Waals surface area (Å²) >= 11 is 0. The van der Waals surface area contributed by atoms with E-state index in [4.69, 9.17) is 30.6 Å². The predicted octanol–water partition coefficient (Wildman–Crippen LogP) is -1.59. The molecule has 0 aliphatic heterocycles. The smallest absolute Gasteiger partial charge is 0.164 e. The maximum Gasteiger partial charge on any atom is 0.164 e. The molecule has 0 radical (unpaired) electrons. The van der Waals surface area contributed by atoms with Crippen LogP contribution in [-0.2, 0) is 0 Å². The van der Waals surface area contributed by atoms with Crippen molar-refractivity contribution in [1.82, 2.24) is 0 Å². The Morgan fingerprint density at radius 3 is 1.92 bits per heavy atom. The van der Waals surface area contributed by atoms with Crippen LogP contribution in [0.25, 0.3) is 0 Å². The van der Waals surface area contributed by atoms with Crippen molar-refractivity contribution in [2.24, 2.45) is 0 Å². The number of hydrogen-bond acceptors (Lipinski definition) is 6. The molecule has 0 saturated carbocycles. The summed E-state index contributed by atoms with van der Waals surface area (Å²) in [7, 11) is 0. The lowest BCUT2D eigenvalue weighted by Gasteiger charge is -2.19. The molecule has 0 aromatic carbocycles. The Morgan fingerprint density at radius 1 is 1.15 bits per heavy atom. The van der Waals surface area contributed by atoms with Crippen LogP contribution in [0.4, 0.5) is 0 Å². The van der Waals surface area contributed by atoms with Crippen LogP contribution in [-0.4, -0.2) is 55.6 Å². The van der Waals surface area contributed by atoms with Crippen molar-refractivity contribution in [3.63, 3.8) is 0 Å². The van der Waals surface area contributed by atoms with Crippen LogP contribution >= 0.6 is 0 Å². The molecule has 0 saturated heterocycles. The Hall–Kier alpha value is -0.820. The molecule has 6 N–H and O–H groups in total. The van der Waals surface area contributed by atoms with E-state index in [0.29, 0.717) is 0 Å².